The summed E-state index contributed by atoms with van der Waals surface area (Å²) in [5.41, 5.74) is 6.69. The summed E-state index contributed by atoms with van der Waals surface area (Å²) >= 11 is 0. The maximum atomic E-state index is 12.2. The fraction of sp³-hybridized carbons (Fsp3) is 0.500. The number of carbonyl (C=O) groups excluding carboxylic acids is 1. The molecule has 1 amide bonds. The Morgan fingerprint density at radius 2 is 2.38 bits per heavy atom. The molecule has 1 atom stereocenters. The molecule has 2 N–H and O–H groups in total. The summed E-state index contributed by atoms with van der Waals surface area (Å²) in [5.74, 6) is -0.000463. The first-order valence-electron chi connectivity index (χ1n) is 5.71. The summed E-state index contributed by atoms with van der Waals surface area (Å²) in [6.07, 6.45) is 4.94. The van der Waals surface area contributed by atoms with Crippen LogP contribution in [-0.2, 0) is 0 Å². The third kappa shape index (κ3) is 2.15. The molecule has 4 heteroatoms. The first-order chi connectivity index (χ1) is 7.68. The minimum atomic E-state index is -0.000463. The van der Waals surface area contributed by atoms with Gasteiger partial charge in [0.1, 0.15) is 5.69 Å². The second-order valence-corrected chi connectivity index (χ2v) is 4.32. The Labute approximate surface area is 95.5 Å². The Kier molecular flexibility index (Phi) is 3.08. The van der Waals surface area contributed by atoms with Crippen LogP contribution in [-0.4, -0.2) is 28.4 Å². The molecule has 1 aromatic heterocycles. The summed E-state index contributed by atoms with van der Waals surface area (Å²) in [6.45, 7) is 2.92. The van der Waals surface area contributed by atoms with Crippen LogP contribution in [0.15, 0.2) is 18.3 Å². The van der Waals surface area contributed by atoms with Gasteiger partial charge in [0.05, 0.1) is 0 Å². The van der Waals surface area contributed by atoms with Crippen LogP contribution in [0.2, 0.25) is 0 Å². The van der Waals surface area contributed by atoms with Gasteiger partial charge in [-0.3, -0.25) is 9.78 Å². The minimum absolute atomic E-state index is 0.000463. The molecule has 1 fully saturated rings. The number of amides is 1. The molecule has 0 bridgehead atoms. The Balaban J connectivity index is 2.17. The fourth-order valence-corrected chi connectivity index (χ4v) is 2.11. The monoisotopic (exact) mass is 219 g/mol. The highest BCUT2D eigenvalue weighted by molar-refractivity contribution is 5.93. The van der Waals surface area contributed by atoms with E-state index in [1.54, 1.807) is 18.3 Å². The third-order valence-electron chi connectivity index (χ3n) is 3.07. The standard InChI is InChI=1S/C12H17N3O/c1-9-4-2-3-7-15(9)12(16)11-8-10(13)5-6-14-11/h5-6,8-9H,2-4,7H2,1H3,(H2,13,14). The van der Waals surface area contributed by atoms with Crippen molar-refractivity contribution in [2.45, 2.75) is 32.2 Å². The highest BCUT2D eigenvalue weighted by Gasteiger charge is 2.24. The van der Waals surface area contributed by atoms with E-state index in [0.29, 0.717) is 17.4 Å². The van der Waals surface area contributed by atoms with Gasteiger partial charge in [0, 0.05) is 24.5 Å². The highest BCUT2D eigenvalue weighted by atomic mass is 16.2. The highest BCUT2D eigenvalue weighted by Crippen LogP contribution is 2.18. The van der Waals surface area contributed by atoms with Crippen molar-refractivity contribution >= 4 is 11.6 Å². The molecule has 0 aliphatic carbocycles. The molecule has 1 aliphatic rings. The third-order valence-corrected chi connectivity index (χ3v) is 3.07. The average molecular weight is 219 g/mol. The predicted octanol–water partition coefficient (Wildman–Crippen LogP) is 1.68. The molecule has 2 rings (SSSR count). The van der Waals surface area contributed by atoms with E-state index < -0.39 is 0 Å². The maximum absolute atomic E-state index is 12.2. The van der Waals surface area contributed by atoms with Gasteiger partial charge in [-0.15, -0.1) is 0 Å². The number of nitrogens with zero attached hydrogens (tertiary/aromatic N) is 2. The van der Waals surface area contributed by atoms with Crippen molar-refractivity contribution in [1.82, 2.24) is 9.88 Å². The normalized spacial score (nSPS) is 20.8. The van der Waals surface area contributed by atoms with Gasteiger partial charge in [-0.05, 0) is 38.3 Å². The molecule has 86 valence electrons. The van der Waals surface area contributed by atoms with Crippen LogP contribution < -0.4 is 5.73 Å². The van der Waals surface area contributed by atoms with E-state index in [2.05, 4.69) is 11.9 Å². The number of nitrogens with two attached hydrogens (primary N) is 1. The van der Waals surface area contributed by atoms with Crippen LogP contribution in [0, 0.1) is 0 Å². The molecule has 16 heavy (non-hydrogen) atoms. The van der Waals surface area contributed by atoms with Gasteiger partial charge in [-0.2, -0.15) is 0 Å². The summed E-state index contributed by atoms with van der Waals surface area (Å²) in [7, 11) is 0. The Morgan fingerprint density at radius 1 is 1.56 bits per heavy atom. The summed E-state index contributed by atoms with van der Waals surface area (Å²) in [5, 5.41) is 0. The molecule has 1 unspecified atom stereocenters. The predicted molar refractivity (Wildman–Crippen MR) is 63.0 cm³/mol. The van der Waals surface area contributed by atoms with Gasteiger partial charge in [-0.1, -0.05) is 0 Å². The van der Waals surface area contributed by atoms with Gasteiger partial charge >= 0.3 is 0 Å². The number of rotatable bonds is 1. The Hall–Kier alpha value is -1.58. The van der Waals surface area contributed by atoms with Gasteiger partial charge in [0.25, 0.3) is 5.91 Å². The average Bonchev–Trinajstić information content (AvgIpc) is 2.29. The molecule has 1 aliphatic heterocycles. The van der Waals surface area contributed by atoms with Crippen molar-refractivity contribution in [3.8, 4) is 0 Å². The van der Waals surface area contributed by atoms with Crippen LogP contribution in [0.25, 0.3) is 0 Å². The number of anilines is 1. The fourth-order valence-electron chi connectivity index (χ4n) is 2.11. The van der Waals surface area contributed by atoms with Crippen molar-refractivity contribution in [3.05, 3.63) is 24.0 Å². The number of hydrogen-bond acceptors (Lipinski definition) is 3. The van der Waals surface area contributed by atoms with Crippen molar-refractivity contribution in [1.29, 1.82) is 0 Å². The van der Waals surface area contributed by atoms with Crippen LogP contribution in [0.5, 0.6) is 0 Å². The molecule has 0 saturated carbocycles. The lowest BCUT2D eigenvalue weighted by atomic mass is 10.0. The summed E-state index contributed by atoms with van der Waals surface area (Å²) in [6, 6.07) is 3.64. The van der Waals surface area contributed by atoms with Crippen molar-refractivity contribution in [2.75, 3.05) is 12.3 Å². The van der Waals surface area contributed by atoms with Crippen LogP contribution in [0.3, 0.4) is 0 Å². The van der Waals surface area contributed by atoms with Gasteiger partial charge in [-0.25, -0.2) is 0 Å². The zero-order chi connectivity index (χ0) is 11.5. The van der Waals surface area contributed by atoms with Crippen LogP contribution in [0.4, 0.5) is 5.69 Å². The van der Waals surface area contributed by atoms with E-state index >= 15 is 0 Å². The van der Waals surface area contributed by atoms with Crippen molar-refractivity contribution < 1.29 is 4.79 Å². The van der Waals surface area contributed by atoms with Crippen LogP contribution in [0.1, 0.15) is 36.7 Å². The topological polar surface area (TPSA) is 59.2 Å². The summed E-state index contributed by atoms with van der Waals surface area (Å²) in [4.78, 5) is 18.1. The van der Waals surface area contributed by atoms with Crippen molar-refractivity contribution in [2.24, 2.45) is 0 Å². The molecule has 0 spiro atoms. The van der Waals surface area contributed by atoms with E-state index in [9.17, 15) is 4.79 Å². The molecular formula is C12H17N3O. The number of carbonyl (C=O) groups is 1. The first kappa shape index (κ1) is 10.9. The van der Waals surface area contributed by atoms with Gasteiger partial charge < -0.3 is 10.6 Å². The molecular weight excluding hydrogens is 202 g/mol. The second kappa shape index (κ2) is 4.51. The summed E-state index contributed by atoms with van der Waals surface area (Å²) < 4.78 is 0. The smallest absolute Gasteiger partial charge is 0.272 e. The molecule has 0 radical (unpaired) electrons. The quantitative estimate of drug-likeness (QED) is 0.781. The molecule has 0 aromatic carbocycles. The molecule has 1 aromatic rings. The van der Waals surface area contributed by atoms with Gasteiger partial charge in [0.2, 0.25) is 0 Å². The lowest BCUT2D eigenvalue weighted by Crippen LogP contribution is -2.42. The lowest BCUT2D eigenvalue weighted by molar-refractivity contribution is 0.0629. The maximum Gasteiger partial charge on any atom is 0.272 e. The Morgan fingerprint density at radius 3 is 3.06 bits per heavy atom. The van der Waals surface area contributed by atoms with E-state index in [0.717, 1.165) is 19.4 Å². The van der Waals surface area contributed by atoms with Gasteiger partial charge in [0.15, 0.2) is 0 Å². The van der Waals surface area contributed by atoms with E-state index in [1.807, 2.05) is 4.90 Å². The van der Waals surface area contributed by atoms with E-state index in [-0.39, 0.29) is 5.91 Å². The zero-order valence-electron chi connectivity index (χ0n) is 9.52. The van der Waals surface area contributed by atoms with E-state index in [4.69, 9.17) is 5.73 Å². The van der Waals surface area contributed by atoms with Crippen LogP contribution >= 0.6 is 0 Å². The number of aromatic nitrogens is 1. The largest absolute Gasteiger partial charge is 0.399 e. The first-order valence-corrected chi connectivity index (χ1v) is 5.71. The number of pyridine rings is 1. The Bertz CT molecular complexity index is 392. The lowest BCUT2D eigenvalue weighted by Gasteiger charge is -2.33. The number of piperidine rings is 1. The molecule has 4 nitrogen and oxygen atoms in total. The molecule has 1 saturated heterocycles. The SMILES string of the molecule is CC1CCCCN1C(=O)c1cc(N)ccn1. The number of hydrogen-bond donors (Lipinski definition) is 1. The number of nitrogen functional groups attached to an aromatic ring is 1. The minimum Gasteiger partial charge on any atom is -0.399 e. The van der Waals surface area contributed by atoms with E-state index in [1.165, 1.54) is 6.42 Å². The van der Waals surface area contributed by atoms with Crippen molar-refractivity contribution in [3.63, 3.8) is 0 Å². The molecule has 2 heterocycles. The zero-order valence-corrected chi connectivity index (χ0v) is 9.52. The second-order valence-electron chi connectivity index (χ2n) is 4.32. The number of likely N-dealkylation sites (tertiary alicyclic amines) is 1.